The van der Waals surface area contributed by atoms with Gasteiger partial charge in [0.2, 0.25) is 0 Å². The van der Waals surface area contributed by atoms with E-state index >= 15 is 0 Å². The van der Waals surface area contributed by atoms with Crippen molar-refractivity contribution < 1.29 is 34.5 Å². The lowest BCUT2D eigenvalue weighted by molar-refractivity contribution is -0.139. The summed E-state index contributed by atoms with van der Waals surface area (Å²) in [5, 5.41) is 41.4. The van der Waals surface area contributed by atoms with Crippen LogP contribution in [0.15, 0.2) is 65.9 Å². The molecule has 0 saturated heterocycles. The molecular weight excluding hydrogens is 460 g/mol. The van der Waals surface area contributed by atoms with Crippen molar-refractivity contribution in [2.75, 3.05) is 5.43 Å². The van der Waals surface area contributed by atoms with Crippen molar-refractivity contribution in [2.24, 2.45) is 5.16 Å². The highest BCUT2D eigenvalue weighted by molar-refractivity contribution is 6.35. The minimum Gasteiger partial charge on any atom is -0.508 e. The Balaban J connectivity index is 1.58. The van der Waals surface area contributed by atoms with Crippen molar-refractivity contribution >= 4 is 23.7 Å². The van der Waals surface area contributed by atoms with Crippen molar-refractivity contribution in [2.45, 2.75) is 25.5 Å². The normalized spacial score (nSPS) is 11.9. The third-order valence-corrected chi connectivity index (χ3v) is 4.66. The molecule has 3 rings (SSSR count). The number of nitrogens with one attached hydrogen (secondary N) is 2. The second kappa shape index (κ2) is 11.8. The van der Waals surface area contributed by atoms with Gasteiger partial charge in [0.25, 0.3) is 0 Å². The predicted octanol–water partition coefficient (Wildman–Crippen LogP) is 1.13. The highest BCUT2D eigenvalue weighted by Crippen LogP contribution is 2.11. The van der Waals surface area contributed by atoms with Gasteiger partial charge < -0.3 is 25.5 Å². The van der Waals surface area contributed by atoms with E-state index in [1.807, 2.05) is 0 Å². The van der Waals surface area contributed by atoms with E-state index < -0.39 is 24.0 Å². The zero-order valence-electron chi connectivity index (χ0n) is 18.2. The third kappa shape index (κ3) is 7.56. The molecule has 0 aliphatic rings. The quantitative estimate of drug-likeness (QED) is 0.197. The molecule has 2 amide bonds. The summed E-state index contributed by atoms with van der Waals surface area (Å²) in [5.74, 6) is -2.46. The molecular formula is C22H22N6O7. The number of phenols is 1. The maximum Gasteiger partial charge on any atom is 0.354 e. The Morgan fingerprint density at radius 2 is 1.74 bits per heavy atom. The van der Waals surface area contributed by atoms with Gasteiger partial charge in [0.1, 0.15) is 17.5 Å². The first-order valence-corrected chi connectivity index (χ1v) is 10.3. The molecule has 35 heavy (non-hydrogen) atoms. The number of urea groups is 1. The molecule has 0 aliphatic heterocycles. The SMILES string of the molecule is O=C(N[C@@H](Cc1ccccc1)C(=O)O)Nn1nncc1CO/N=C(/Cc1ccc(O)cc1)C(=O)O. The molecule has 13 heteroatoms. The average molecular weight is 482 g/mol. The predicted molar refractivity (Wildman–Crippen MR) is 121 cm³/mol. The maximum absolute atomic E-state index is 12.3. The van der Waals surface area contributed by atoms with Crippen molar-refractivity contribution in [1.29, 1.82) is 0 Å². The minimum absolute atomic E-state index is 0.0471. The molecule has 0 aliphatic carbocycles. The summed E-state index contributed by atoms with van der Waals surface area (Å²) in [7, 11) is 0. The Hall–Kier alpha value is -4.94. The van der Waals surface area contributed by atoms with Crippen LogP contribution in [-0.2, 0) is 33.9 Å². The number of amides is 2. The smallest absolute Gasteiger partial charge is 0.354 e. The first-order chi connectivity index (χ1) is 16.8. The highest BCUT2D eigenvalue weighted by Gasteiger charge is 2.21. The van der Waals surface area contributed by atoms with Gasteiger partial charge in [-0.15, -0.1) is 5.10 Å². The lowest BCUT2D eigenvalue weighted by Gasteiger charge is -2.15. The first-order valence-electron chi connectivity index (χ1n) is 10.3. The van der Waals surface area contributed by atoms with E-state index in [2.05, 4.69) is 26.2 Å². The molecule has 0 spiro atoms. The molecule has 1 aromatic heterocycles. The number of carbonyl (C=O) groups is 3. The first kappa shape index (κ1) is 24.7. The number of carboxylic acids is 2. The van der Waals surface area contributed by atoms with Crippen molar-refractivity contribution in [1.82, 2.24) is 20.4 Å². The van der Waals surface area contributed by atoms with E-state index in [1.165, 1.54) is 18.3 Å². The van der Waals surface area contributed by atoms with Crippen LogP contribution >= 0.6 is 0 Å². The van der Waals surface area contributed by atoms with Crippen molar-refractivity contribution in [3.63, 3.8) is 0 Å². The second-order valence-electron chi connectivity index (χ2n) is 7.26. The number of carboxylic acid groups (broad SMARTS) is 2. The van der Waals surface area contributed by atoms with Gasteiger partial charge in [-0.1, -0.05) is 47.6 Å². The third-order valence-electron chi connectivity index (χ3n) is 4.66. The number of aliphatic carboxylic acids is 2. The molecule has 1 atom stereocenters. The fraction of sp³-hybridized carbons (Fsp3) is 0.182. The number of aromatic hydroxyl groups is 1. The van der Waals surface area contributed by atoms with E-state index in [0.29, 0.717) is 5.56 Å². The zero-order chi connectivity index (χ0) is 25.2. The summed E-state index contributed by atoms with van der Waals surface area (Å²) in [6, 6.07) is 12.7. The van der Waals surface area contributed by atoms with Gasteiger partial charge in [-0.2, -0.15) is 4.79 Å². The van der Waals surface area contributed by atoms with E-state index in [4.69, 9.17) is 4.84 Å². The van der Waals surface area contributed by atoms with Crippen LogP contribution in [0.2, 0.25) is 0 Å². The van der Waals surface area contributed by atoms with Gasteiger partial charge >= 0.3 is 18.0 Å². The molecule has 13 nitrogen and oxygen atoms in total. The molecule has 0 fully saturated rings. The maximum atomic E-state index is 12.3. The Morgan fingerprint density at radius 3 is 2.40 bits per heavy atom. The van der Waals surface area contributed by atoms with Crippen LogP contribution < -0.4 is 10.7 Å². The summed E-state index contributed by atoms with van der Waals surface area (Å²) < 4.78 is 0. The number of oxime groups is 1. The van der Waals surface area contributed by atoms with Crippen LogP contribution in [0.4, 0.5) is 4.79 Å². The van der Waals surface area contributed by atoms with Crippen LogP contribution in [0.5, 0.6) is 5.75 Å². The van der Waals surface area contributed by atoms with Gasteiger partial charge in [-0.3, -0.25) is 0 Å². The van der Waals surface area contributed by atoms with Gasteiger partial charge in [-0.05, 0) is 28.5 Å². The van der Waals surface area contributed by atoms with Crippen LogP contribution in [0.25, 0.3) is 0 Å². The number of nitrogens with zero attached hydrogens (tertiary/aromatic N) is 4. The second-order valence-corrected chi connectivity index (χ2v) is 7.26. The van der Waals surface area contributed by atoms with E-state index in [0.717, 1.165) is 10.4 Å². The molecule has 3 aromatic rings. The highest BCUT2D eigenvalue weighted by atomic mass is 16.6. The van der Waals surface area contributed by atoms with Crippen LogP contribution in [0.1, 0.15) is 16.8 Å². The Kier molecular flexibility index (Phi) is 8.32. The summed E-state index contributed by atoms with van der Waals surface area (Å²) in [5.41, 5.74) is 3.59. The van der Waals surface area contributed by atoms with Crippen molar-refractivity contribution in [3.05, 3.63) is 77.6 Å². The molecule has 0 bridgehead atoms. The fourth-order valence-electron chi connectivity index (χ4n) is 2.92. The fourth-order valence-corrected chi connectivity index (χ4v) is 2.92. The minimum atomic E-state index is -1.29. The molecule has 5 N–H and O–H groups in total. The average Bonchev–Trinajstić information content (AvgIpc) is 3.26. The van der Waals surface area contributed by atoms with Gasteiger partial charge in [0, 0.05) is 12.8 Å². The summed E-state index contributed by atoms with van der Waals surface area (Å²) >= 11 is 0. The standard InChI is InChI=1S/C22H22N6O7/c29-17-8-6-15(7-9-17)11-19(21(32)33)26-35-13-16-12-23-27-28(16)25-22(34)24-18(20(30)31)10-14-4-2-1-3-5-14/h1-9,12,18,29H,10-11,13H2,(H,30,31)(H,32,33)(H2,24,25,34)/b26-19-/t18-/m0/s1. The summed E-state index contributed by atoms with van der Waals surface area (Å²) in [4.78, 5) is 41.4. The number of benzene rings is 2. The number of carbonyl (C=O) groups excluding carboxylic acids is 1. The summed E-state index contributed by atoms with van der Waals surface area (Å²) in [6.45, 7) is -0.286. The van der Waals surface area contributed by atoms with Gasteiger partial charge in [0.15, 0.2) is 12.3 Å². The molecule has 1 heterocycles. The Labute approximate surface area is 198 Å². The number of rotatable bonds is 11. The van der Waals surface area contributed by atoms with E-state index in [1.54, 1.807) is 42.5 Å². The molecule has 2 aromatic carbocycles. The van der Waals surface area contributed by atoms with Gasteiger partial charge in [-0.25, -0.2) is 19.8 Å². The molecule has 0 saturated carbocycles. The van der Waals surface area contributed by atoms with Crippen LogP contribution in [0, 0.1) is 0 Å². The Morgan fingerprint density at radius 1 is 1.03 bits per heavy atom. The number of hydrogen-bond acceptors (Lipinski definition) is 8. The lowest BCUT2D eigenvalue weighted by atomic mass is 10.1. The Bertz CT molecular complexity index is 1190. The topological polar surface area (TPSA) is 188 Å². The van der Waals surface area contributed by atoms with Crippen molar-refractivity contribution in [3.8, 4) is 5.75 Å². The number of phenolic OH excluding ortho intramolecular Hbond substituents is 1. The van der Waals surface area contributed by atoms with E-state index in [9.17, 15) is 29.7 Å². The van der Waals surface area contributed by atoms with Gasteiger partial charge in [0.05, 0.1) is 6.20 Å². The molecule has 0 unspecified atom stereocenters. The zero-order valence-corrected chi connectivity index (χ0v) is 18.2. The molecule has 0 radical (unpaired) electrons. The molecule has 182 valence electrons. The largest absolute Gasteiger partial charge is 0.508 e. The van der Waals surface area contributed by atoms with Crippen LogP contribution in [-0.4, -0.2) is 60.1 Å². The monoisotopic (exact) mass is 482 g/mol. The van der Waals surface area contributed by atoms with E-state index in [-0.39, 0.29) is 36.6 Å². The number of aromatic nitrogens is 3. The lowest BCUT2D eigenvalue weighted by Crippen LogP contribution is -2.46. The van der Waals surface area contributed by atoms with Crippen LogP contribution in [0.3, 0.4) is 0 Å². The summed E-state index contributed by atoms with van der Waals surface area (Å²) in [6.07, 6.45) is 1.28. The number of hydrogen-bond donors (Lipinski definition) is 5.